The highest BCUT2D eigenvalue weighted by molar-refractivity contribution is 5.56. The average Bonchev–Trinajstić information content (AvgIpc) is 2.23. The second-order valence-corrected chi connectivity index (χ2v) is 3.28. The van der Waals surface area contributed by atoms with Gasteiger partial charge in [0.25, 0.3) is 0 Å². The van der Waals surface area contributed by atoms with E-state index < -0.39 is 17.5 Å². The molecule has 1 aromatic heterocycles. The number of nitrogens with zero attached hydrogens (tertiary/aromatic N) is 2. The molecule has 1 heterocycles. The van der Waals surface area contributed by atoms with E-state index in [0.717, 1.165) is 0 Å². The number of nitrogens with one attached hydrogen (secondary N) is 1. The molecule has 0 saturated carbocycles. The number of nitro groups is 1. The van der Waals surface area contributed by atoms with Crippen molar-refractivity contribution in [3.8, 4) is 0 Å². The molecule has 0 aliphatic carbocycles. The summed E-state index contributed by atoms with van der Waals surface area (Å²) in [5, 5.41) is 13.1. The molecule has 1 aromatic rings. The molecule has 8 heteroatoms. The van der Waals surface area contributed by atoms with Gasteiger partial charge in [0.2, 0.25) is 0 Å². The minimum absolute atomic E-state index is 0.00600. The molecule has 0 bridgehead atoms. The smallest absolute Gasteiger partial charge is 0.378 e. The third-order valence-corrected chi connectivity index (χ3v) is 1.91. The molecule has 1 rings (SSSR count). The Kier molecular flexibility index (Phi) is 4.24. The van der Waals surface area contributed by atoms with Crippen LogP contribution in [0.3, 0.4) is 0 Å². The van der Waals surface area contributed by atoms with E-state index in [1.54, 1.807) is 0 Å². The molecule has 0 spiro atoms. The van der Waals surface area contributed by atoms with Crippen LogP contribution in [0, 0.1) is 10.1 Å². The van der Waals surface area contributed by atoms with E-state index in [-0.39, 0.29) is 24.5 Å². The summed E-state index contributed by atoms with van der Waals surface area (Å²) < 4.78 is 35.5. The lowest BCUT2D eigenvalue weighted by Crippen LogP contribution is -2.11. The Morgan fingerprint density at radius 3 is 2.76 bits per heavy atom. The number of anilines is 1. The van der Waals surface area contributed by atoms with Crippen molar-refractivity contribution in [3.05, 3.63) is 28.4 Å². The van der Waals surface area contributed by atoms with Crippen molar-refractivity contribution in [1.82, 2.24) is 4.98 Å². The van der Waals surface area contributed by atoms with Gasteiger partial charge in [0.15, 0.2) is 0 Å². The van der Waals surface area contributed by atoms with Gasteiger partial charge in [-0.25, -0.2) is 0 Å². The SMILES string of the molecule is O=[N+]([O-])c1ncccc1NCCCC(F)(F)F. The van der Waals surface area contributed by atoms with Gasteiger partial charge in [-0.2, -0.15) is 13.2 Å². The monoisotopic (exact) mass is 249 g/mol. The molecular weight excluding hydrogens is 239 g/mol. The number of rotatable bonds is 5. The Labute approximate surface area is 94.8 Å². The van der Waals surface area contributed by atoms with Crippen molar-refractivity contribution in [3.63, 3.8) is 0 Å². The number of hydrogen-bond donors (Lipinski definition) is 1. The van der Waals surface area contributed by atoms with E-state index in [0.29, 0.717) is 0 Å². The summed E-state index contributed by atoms with van der Waals surface area (Å²) in [6.45, 7) is 0.00600. The fraction of sp³-hybridized carbons (Fsp3) is 0.444. The maximum absolute atomic E-state index is 11.8. The molecule has 0 aliphatic rings. The normalized spacial score (nSPS) is 11.2. The van der Waals surface area contributed by atoms with Crippen LogP contribution in [0.25, 0.3) is 0 Å². The van der Waals surface area contributed by atoms with Crippen molar-refractivity contribution in [2.24, 2.45) is 0 Å². The van der Waals surface area contributed by atoms with Crippen LogP contribution in [-0.2, 0) is 0 Å². The van der Waals surface area contributed by atoms with Crippen molar-refractivity contribution in [2.45, 2.75) is 19.0 Å². The lowest BCUT2D eigenvalue weighted by Gasteiger charge is -2.08. The first-order valence-electron chi connectivity index (χ1n) is 4.80. The lowest BCUT2D eigenvalue weighted by atomic mass is 10.3. The minimum atomic E-state index is -4.21. The first kappa shape index (κ1) is 13.2. The third-order valence-electron chi connectivity index (χ3n) is 1.91. The maximum atomic E-state index is 11.8. The highest BCUT2D eigenvalue weighted by atomic mass is 19.4. The fourth-order valence-corrected chi connectivity index (χ4v) is 1.19. The summed E-state index contributed by atoms with van der Waals surface area (Å²) in [4.78, 5) is 13.4. The summed E-state index contributed by atoms with van der Waals surface area (Å²) in [6.07, 6.45) is -4.02. The number of alkyl halides is 3. The molecule has 5 nitrogen and oxygen atoms in total. The van der Waals surface area contributed by atoms with Gasteiger partial charge in [-0.3, -0.25) is 0 Å². The first-order valence-corrected chi connectivity index (χ1v) is 4.80. The predicted molar refractivity (Wildman–Crippen MR) is 54.7 cm³/mol. The van der Waals surface area contributed by atoms with Crippen molar-refractivity contribution >= 4 is 11.5 Å². The van der Waals surface area contributed by atoms with Gasteiger partial charge in [-0.1, -0.05) is 0 Å². The van der Waals surface area contributed by atoms with Crippen LogP contribution in [-0.4, -0.2) is 22.6 Å². The largest absolute Gasteiger partial charge is 0.389 e. The molecule has 0 aromatic carbocycles. The number of halogens is 3. The van der Waals surface area contributed by atoms with Crippen molar-refractivity contribution < 1.29 is 18.1 Å². The van der Waals surface area contributed by atoms with E-state index in [1.807, 2.05) is 0 Å². The van der Waals surface area contributed by atoms with Gasteiger partial charge >= 0.3 is 12.0 Å². The zero-order valence-electron chi connectivity index (χ0n) is 8.70. The minimum Gasteiger partial charge on any atom is -0.378 e. The van der Waals surface area contributed by atoms with Crippen molar-refractivity contribution in [2.75, 3.05) is 11.9 Å². The Balaban J connectivity index is 2.49. The van der Waals surface area contributed by atoms with Crippen LogP contribution in [0.15, 0.2) is 18.3 Å². The topological polar surface area (TPSA) is 68.1 Å². The second kappa shape index (κ2) is 5.46. The Bertz CT molecular complexity index is 395. The molecule has 0 aliphatic heterocycles. The number of pyridine rings is 1. The molecule has 0 radical (unpaired) electrons. The van der Waals surface area contributed by atoms with Gasteiger partial charge < -0.3 is 15.4 Å². The molecule has 0 unspecified atom stereocenters. The standard InChI is InChI=1S/C9H10F3N3O2/c10-9(11,12)4-2-6-13-7-3-1-5-14-8(7)15(16)17/h1,3,5,13H,2,4,6H2. The summed E-state index contributed by atoms with van der Waals surface area (Å²) >= 11 is 0. The van der Waals surface area contributed by atoms with Crippen LogP contribution in [0.2, 0.25) is 0 Å². The average molecular weight is 249 g/mol. The molecule has 94 valence electrons. The van der Waals surface area contributed by atoms with Crippen molar-refractivity contribution in [1.29, 1.82) is 0 Å². The van der Waals surface area contributed by atoms with Crippen LogP contribution in [0.4, 0.5) is 24.7 Å². The molecule has 1 N–H and O–H groups in total. The first-order chi connectivity index (χ1) is 7.90. The highest BCUT2D eigenvalue weighted by Gasteiger charge is 2.26. The van der Waals surface area contributed by atoms with Crippen LogP contribution in [0.5, 0.6) is 0 Å². The number of hydrogen-bond acceptors (Lipinski definition) is 4. The van der Waals surface area contributed by atoms with Gasteiger partial charge in [0.05, 0.1) is 0 Å². The van der Waals surface area contributed by atoms with Crippen LogP contribution in [0.1, 0.15) is 12.8 Å². The third kappa shape index (κ3) is 4.66. The molecular formula is C9H10F3N3O2. The summed E-state index contributed by atoms with van der Waals surface area (Å²) in [5.74, 6) is -0.389. The fourth-order valence-electron chi connectivity index (χ4n) is 1.19. The lowest BCUT2D eigenvalue weighted by molar-refractivity contribution is -0.388. The maximum Gasteiger partial charge on any atom is 0.389 e. The summed E-state index contributed by atoms with van der Waals surface area (Å²) in [6, 6.07) is 2.87. The number of aromatic nitrogens is 1. The zero-order chi connectivity index (χ0) is 12.9. The molecule has 0 fully saturated rings. The van der Waals surface area contributed by atoms with Crippen LogP contribution >= 0.6 is 0 Å². The van der Waals surface area contributed by atoms with Gasteiger partial charge in [-0.15, -0.1) is 0 Å². The molecule has 0 atom stereocenters. The van der Waals surface area contributed by atoms with E-state index in [1.165, 1.54) is 18.3 Å². The molecule has 17 heavy (non-hydrogen) atoms. The van der Waals surface area contributed by atoms with Gasteiger partial charge in [0.1, 0.15) is 11.9 Å². The second-order valence-electron chi connectivity index (χ2n) is 3.28. The summed E-state index contributed by atoms with van der Waals surface area (Å²) in [5.41, 5.74) is 0.125. The van der Waals surface area contributed by atoms with Gasteiger partial charge in [-0.05, 0) is 28.5 Å². The Morgan fingerprint density at radius 2 is 2.18 bits per heavy atom. The molecule has 0 saturated heterocycles. The zero-order valence-corrected chi connectivity index (χ0v) is 8.70. The highest BCUT2D eigenvalue weighted by Crippen LogP contribution is 2.23. The Hall–Kier alpha value is -1.86. The van der Waals surface area contributed by atoms with Gasteiger partial charge in [0, 0.05) is 13.0 Å². The summed E-state index contributed by atoms with van der Waals surface area (Å²) in [7, 11) is 0. The predicted octanol–water partition coefficient (Wildman–Crippen LogP) is 2.74. The van der Waals surface area contributed by atoms with E-state index in [9.17, 15) is 23.3 Å². The van der Waals surface area contributed by atoms with Crippen LogP contribution < -0.4 is 5.32 Å². The van der Waals surface area contributed by atoms with E-state index >= 15 is 0 Å². The van der Waals surface area contributed by atoms with E-state index in [4.69, 9.17) is 0 Å². The Morgan fingerprint density at radius 1 is 1.47 bits per heavy atom. The van der Waals surface area contributed by atoms with E-state index in [2.05, 4.69) is 10.3 Å². The molecule has 0 amide bonds. The quantitative estimate of drug-likeness (QED) is 0.495.